The highest BCUT2D eigenvalue weighted by molar-refractivity contribution is 6.31. The number of aryl methyl sites for hydroxylation is 3. The van der Waals surface area contributed by atoms with E-state index in [1.54, 1.807) is 0 Å². The fraction of sp³-hybridized carbons (Fsp3) is 0.545. The van der Waals surface area contributed by atoms with E-state index in [0.29, 0.717) is 13.1 Å². The van der Waals surface area contributed by atoms with Crippen molar-refractivity contribution in [3.8, 4) is 11.3 Å². The van der Waals surface area contributed by atoms with Gasteiger partial charge in [-0.05, 0) is 76.5 Å². The first-order valence-corrected chi connectivity index (χ1v) is 15.4. The van der Waals surface area contributed by atoms with Gasteiger partial charge in [-0.2, -0.15) is 5.10 Å². The van der Waals surface area contributed by atoms with Gasteiger partial charge in [-0.3, -0.25) is 9.58 Å². The Balaban J connectivity index is 0.00000111. The van der Waals surface area contributed by atoms with Crippen molar-refractivity contribution in [1.29, 1.82) is 0 Å². The van der Waals surface area contributed by atoms with Gasteiger partial charge < -0.3 is 20.0 Å². The Hall–Kier alpha value is -2.42. The fourth-order valence-corrected chi connectivity index (χ4v) is 6.02. The van der Waals surface area contributed by atoms with E-state index in [9.17, 15) is 5.11 Å². The number of halogens is 1. The van der Waals surface area contributed by atoms with Crippen LogP contribution in [0.5, 0.6) is 0 Å². The molecule has 1 aromatic heterocycles. The SMILES string of the molecule is CC.CO.Cc1ccc(N2CCN(CC(O)Cn3nc(-c4ccc(Cl)c(C)c4)c4c3CCCN(C)C4)CC2)c(C)c1. The second-order valence-corrected chi connectivity index (χ2v) is 11.4. The zero-order chi connectivity index (χ0) is 30.1. The van der Waals surface area contributed by atoms with Gasteiger partial charge in [-0.15, -0.1) is 0 Å². The molecular formula is C33H50ClN5O2. The molecule has 1 unspecified atom stereocenters. The Morgan fingerprint density at radius 2 is 1.61 bits per heavy atom. The number of anilines is 1. The molecule has 5 rings (SSSR count). The van der Waals surface area contributed by atoms with Crippen molar-refractivity contribution in [2.24, 2.45) is 0 Å². The Bertz CT molecular complexity index is 1250. The molecule has 8 heteroatoms. The van der Waals surface area contributed by atoms with Crippen LogP contribution < -0.4 is 4.90 Å². The number of hydrogen-bond donors (Lipinski definition) is 2. The molecule has 2 aromatic carbocycles. The Morgan fingerprint density at radius 1 is 0.902 bits per heavy atom. The summed E-state index contributed by atoms with van der Waals surface area (Å²) in [5.41, 5.74) is 9.72. The van der Waals surface area contributed by atoms with Crippen molar-refractivity contribution >= 4 is 17.3 Å². The van der Waals surface area contributed by atoms with Crippen LogP contribution >= 0.6 is 11.6 Å². The largest absolute Gasteiger partial charge is 0.400 e. The van der Waals surface area contributed by atoms with E-state index in [4.69, 9.17) is 21.8 Å². The van der Waals surface area contributed by atoms with Gasteiger partial charge in [-0.1, -0.05) is 49.2 Å². The first-order valence-electron chi connectivity index (χ1n) is 15.0. The maximum atomic E-state index is 11.2. The van der Waals surface area contributed by atoms with Gasteiger partial charge in [0.05, 0.1) is 18.3 Å². The van der Waals surface area contributed by atoms with E-state index in [0.717, 1.165) is 81.1 Å². The predicted octanol–water partition coefficient (Wildman–Crippen LogP) is 5.32. The van der Waals surface area contributed by atoms with Crippen molar-refractivity contribution in [3.63, 3.8) is 0 Å². The summed E-state index contributed by atoms with van der Waals surface area (Å²) < 4.78 is 2.09. The maximum absolute atomic E-state index is 11.2. The summed E-state index contributed by atoms with van der Waals surface area (Å²) >= 11 is 6.31. The molecule has 1 fully saturated rings. The summed E-state index contributed by atoms with van der Waals surface area (Å²) in [7, 11) is 3.18. The minimum atomic E-state index is -0.461. The van der Waals surface area contributed by atoms with Crippen LogP contribution in [0.3, 0.4) is 0 Å². The highest BCUT2D eigenvalue weighted by Gasteiger charge is 2.26. The van der Waals surface area contributed by atoms with E-state index >= 15 is 0 Å². The number of rotatable bonds is 6. The minimum absolute atomic E-state index is 0.461. The summed E-state index contributed by atoms with van der Waals surface area (Å²) in [4.78, 5) is 7.24. The highest BCUT2D eigenvalue weighted by Crippen LogP contribution is 2.32. The standard InChI is InChI=1S/C30H40ClN5O.C2H6.CH4O/c1-21-7-10-28(23(3)16-21)35-14-12-34(13-15-35)18-25(37)19-36-29-6-5-11-33(4)20-26(29)30(32-36)24-8-9-27(31)22(2)17-24;2*1-2/h7-10,16-17,25,37H,5-6,11-15,18-20H2,1-4H3;1-2H3;2H,1H3. The molecule has 0 spiro atoms. The number of fused-ring (bicyclic) bond motifs is 1. The van der Waals surface area contributed by atoms with Crippen LogP contribution in [0.4, 0.5) is 5.69 Å². The average Bonchev–Trinajstić information content (AvgIpc) is 3.16. The third-order valence-corrected chi connectivity index (χ3v) is 8.32. The van der Waals surface area contributed by atoms with Crippen LogP contribution in [0.25, 0.3) is 11.3 Å². The normalized spacial score (nSPS) is 16.6. The van der Waals surface area contributed by atoms with E-state index in [-0.39, 0.29) is 0 Å². The second-order valence-electron chi connectivity index (χ2n) is 11.0. The first-order chi connectivity index (χ1) is 19.8. The van der Waals surface area contributed by atoms with Crippen molar-refractivity contribution in [2.45, 2.75) is 66.7 Å². The third kappa shape index (κ3) is 8.33. The summed E-state index contributed by atoms with van der Waals surface area (Å²) in [6, 6.07) is 12.9. The molecule has 2 aliphatic rings. The number of nitrogens with zero attached hydrogens (tertiary/aromatic N) is 5. The van der Waals surface area contributed by atoms with Gasteiger partial charge in [0.15, 0.2) is 0 Å². The number of aliphatic hydroxyl groups excluding tert-OH is 2. The number of benzene rings is 2. The van der Waals surface area contributed by atoms with E-state index in [1.165, 1.54) is 28.1 Å². The molecule has 2 N–H and O–H groups in total. The lowest BCUT2D eigenvalue weighted by Gasteiger charge is -2.37. The van der Waals surface area contributed by atoms with Crippen molar-refractivity contribution in [3.05, 3.63) is 69.4 Å². The first kappa shape index (κ1) is 33.1. The molecule has 7 nitrogen and oxygen atoms in total. The minimum Gasteiger partial charge on any atom is -0.400 e. The Morgan fingerprint density at radius 3 is 2.27 bits per heavy atom. The molecule has 0 bridgehead atoms. The molecule has 3 heterocycles. The lowest BCUT2D eigenvalue weighted by molar-refractivity contribution is 0.0913. The van der Waals surface area contributed by atoms with Gasteiger partial charge in [0.25, 0.3) is 0 Å². The smallest absolute Gasteiger partial charge is 0.0971 e. The van der Waals surface area contributed by atoms with Crippen molar-refractivity contribution < 1.29 is 10.2 Å². The van der Waals surface area contributed by atoms with Crippen LogP contribution in [-0.4, -0.2) is 89.3 Å². The van der Waals surface area contributed by atoms with Crippen LogP contribution in [-0.2, 0) is 19.5 Å². The van der Waals surface area contributed by atoms with Crippen LogP contribution in [0.2, 0.25) is 5.02 Å². The van der Waals surface area contributed by atoms with E-state index in [2.05, 4.69) is 70.6 Å². The van der Waals surface area contributed by atoms with E-state index < -0.39 is 6.10 Å². The van der Waals surface area contributed by atoms with Crippen LogP contribution in [0.15, 0.2) is 36.4 Å². The molecule has 0 aliphatic carbocycles. The highest BCUT2D eigenvalue weighted by atomic mass is 35.5. The van der Waals surface area contributed by atoms with Crippen LogP contribution in [0, 0.1) is 20.8 Å². The van der Waals surface area contributed by atoms with Gasteiger partial charge in [0.1, 0.15) is 0 Å². The molecule has 226 valence electrons. The molecule has 3 aromatic rings. The second kappa shape index (κ2) is 15.7. The summed E-state index contributed by atoms with van der Waals surface area (Å²) in [5, 5.41) is 24.0. The van der Waals surface area contributed by atoms with Crippen LogP contribution in [0.1, 0.15) is 48.2 Å². The van der Waals surface area contributed by atoms with Gasteiger partial charge in [-0.25, -0.2) is 0 Å². The van der Waals surface area contributed by atoms with Gasteiger partial charge in [0, 0.05) is 73.9 Å². The lowest BCUT2D eigenvalue weighted by Crippen LogP contribution is -2.49. The zero-order valence-corrected chi connectivity index (χ0v) is 26.9. The van der Waals surface area contributed by atoms with Gasteiger partial charge in [0.2, 0.25) is 0 Å². The zero-order valence-electron chi connectivity index (χ0n) is 26.1. The predicted molar refractivity (Wildman–Crippen MR) is 172 cm³/mol. The molecule has 0 saturated carbocycles. The number of hydrogen-bond acceptors (Lipinski definition) is 6. The third-order valence-electron chi connectivity index (χ3n) is 7.90. The fourth-order valence-electron chi connectivity index (χ4n) is 5.91. The summed E-state index contributed by atoms with van der Waals surface area (Å²) in [6.07, 6.45) is 1.63. The molecule has 0 amide bonds. The van der Waals surface area contributed by atoms with Crippen molar-refractivity contribution in [1.82, 2.24) is 19.6 Å². The Labute approximate surface area is 252 Å². The summed E-state index contributed by atoms with van der Waals surface area (Å²) in [5.74, 6) is 0. The lowest BCUT2D eigenvalue weighted by atomic mass is 10.0. The average molecular weight is 584 g/mol. The number of aromatic nitrogens is 2. The number of aliphatic hydroxyl groups is 2. The quantitative estimate of drug-likeness (QED) is 0.409. The maximum Gasteiger partial charge on any atom is 0.0971 e. The number of piperazine rings is 1. The number of β-amino-alcohol motifs (C(OH)–C–C–N with tert-alkyl or cyclic N) is 1. The molecule has 41 heavy (non-hydrogen) atoms. The molecule has 1 atom stereocenters. The van der Waals surface area contributed by atoms with E-state index in [1.807, 2.05) is 26.8 Å². The molecule has 2 aliphatic heterocycles. The summed E-state index contributed by atoms with van der Waals surface area (Å²) in [6.45, 7) is 17.4. The monoisotopic (exact) mass is 583 g/mol. The molecule has 1 saturated heterocycles. The van der Waals surface area contributed by atoms with Crippen molar-refractivity contribution in [2.75, 3.05) is 58.3 Å². The molecular weight excluding hydrogens is 534 g/mol. The topological polar surface area (TPSA) is 68.0 Å². The van der Waals surface area contributed by atoms with Gasteiger partial charge >= 0.3 is 0 Å². The Kier molecular flexibility index (Phi) is 12.7. The molecule has 0 radical (unpaired) electrons.